The molecule has 118 valence electrons. The Morgan fingerprint density at radius 1 is 0.700 bits per heavy atom. The molecule has 0 aromatic carbocycles. The first kappa shape index (κ1) is 18.8. The average Bonchev–Trinajstić information content (AvgIpc) is 2.38. The molecular weight excluding hydrogens is 270 g/mol. The Bertz CT molecular complexity index is 234. The highest BCUT2D eigenvalue weighted by molar-refractivity contribution is 5.73. The minimum atomic E-state index is -0.877. The molecular formula is C12H23NO7. The first-order valence-electron chi connectivity index (χ1n) is 6.44. The van der Waals surface area contributed by atoms with Crippen LogP contribution in [0.15, 0.2) is 0 Å². The second-order valence-electron chi connectivity index (χ2n) is 3.81. The predicted molar refractivity (Wildman–Crippen MR) is 69.3 cm³/mol. The minimum absolute atomic E-state index is 0.00113. The fourth-order valence-corrected chi connectivity index (χ4v) is 1.09. The molecule has 0 radical (unpaired) electrons. The standard InChI is InChI=1S/C12H23NO7/c13-11(14)1-3-17-5-7-19-9-10-20-8-6-18-4-2-12(15)16/h1-10H2,(H2,13,14)(H,15,16). The Kier molecular flexibility index (Phi) is 13.3. The van der Waals surface area contributed by atoms with Gasteiger partial charge in [0.05, 0.1) is 59.3 Å². The third-order valence-corrected chi connectivity index (χ3v) is 2.07. The molecule has 1 amide bonds. The molecule has 0 aromatic rings. The van der Waals surface area contributed by atoms with Crippen molar-refractivity contribution >= 4 is 11.9 Å². The van der Waals surface area contributed by atoms with Crippen molar-refractivity contribution in [3.05, 3.63) is 0 Å². The Morgan fingerprint density at radius 3 is 1.40 bits per heavy atom. The highest BCUT2D eigenvalue weighted by atomic mass is 16.6. The number of ether oxygens (including phenoxy) is 4. The van der Waals surface area contributed by atoms with E-state index in [9.17, 15) is 9.59 Å². The van der Waals surface area contributed by atoms with Gasteiger partial charge in [-0.1, -0.05) is 0 Å². The number of hydrogen-bond acceptors (Lipinski definition) is 6. The van der Waals surface area contributed by atoms with Gasteiger partial charge < -0.3 is 29.8 Å². The number of amides is 1. The molecule has 8 nitrogen and oxygen atoms in total. The molecule has 3 N–H and O–H groups in total. The van der Waals surface area contributed by atoms with Crippen molar-refractivity contribution in [2.75, 3.05) is 52.9 Å². The van der Waals surface area contributed by atoms with Gasteiger partial charge in [-0.25, -0.2) is 0 Å². The maximum Gasteiger partial charge on any atom is 0.305 e. The molecule has 0 heterocycles. The van der Waals surface area contributed by atoms with Gasteiger partial charge in [0.15, 0.2) is 0 Å². The maximum atomic E-state index is 10.4. The summed E-state index contributed by atoms with van der Waals surface area (Å²) >= 11 is 0. The van der Waals surface area contributed by atoms with Crippen LogP contribution in [-0.2, 0) is 28.5 Å². The van der Waals surface area contributed by atoms with E-state index in [1.807, 2.05) is 0 Å². The van der Waals surface area contributed by atoms with Crippen molar-refractivity contribution in [2.24, 2.45) is 5.73 Å². The van der Waals surface area contributed by atoms with Gasteiger partial charge in [0.1, 0.15) is 0 Å². The van der Waals surface area contributed by atoms with Crippen molar-refractivity contribution in [3.63, 3.8) is 0 Å². The summed E-state index contributed by atoms with van der Waals surface area (Å²) in [7, 11) is 0. The van der Waals surface area contributed by atoms with Crippen LogP contribution in [0.2, 0.25) is 0 Å². The van der Waals surface area contributed by atoms with Gasteiger partial charge in [-0.3, -0.25) is 9.59 Å². The molecule has 0 bridgehead atoms. The van der Waals surface area contributed by atoms with E-state index < -0.39 is 5.97 Å². The lowest BCUT2D eigenvalue weighted by atomic mass is 10.4. The second kappa shape index (κ2) is 14.2. The van der Waals surface area contributed by atoms with Gasteiger partial charge >= 0.3 is 5.97 Å². The van der Waals surface area contributed by atoms with Crippen LogP contribution < -0.4 is 5.73 Å². The number of carbonyl (C=O) groups excluding carboxylic acids is 1. The summed E-state index contributed by atoms with van der Waals surface area (Å²) in [4.78, 5) is 20.6. The Hall–Kier alpha value is -1.22. The zero-order valence-electron chi connectivity index (χ0n) is 11.5. The number of carboxylic acid groups (broad SMARTS) is 1. The third-order valence-electron chi connectivity index (χ3n) is 2.07. The highest BCUT2D eigenvalue weighted by Crippen LogP contribution is 1.86. The fraction of sp³-hybridized carbons (Fsp3) is 0.833. The van der Waals surface area contributed by atoms with Crippen molar-refractivity contribution < 1.29 is 33.6 Å². The molecule has 0 atom stereocenters. The molecule has 8 heteroatoms. The van der Waals surface area contributed by atoms with E-state index in [1.165, 1.54) is 0 Å². The van der Waals surface area contributed by atoms with Gasteiger partial charge in [-0.05, 0) is 0 Å². The van der Waals surface area contributed by atoms with Gasteiger partial charge in [0.25, 0.3) is 0 Å². The molecule has 20 heavy (non-hydrogen) atoms. The maximum absolute atomic E-state index is 10.4. The quantitative estimate of drug-likeness (QED) is 0.387. The first-order chi connectivity index (χ1) is 9.63. The van der Waals surface area contributed by atoms with Crippen molar-refractivity contribution in [1.29, 1.82) is 0 Å². The zero-order valence-corrected chi connectivity index (χ0v) is 11.5. The van der Waals surface area contributed by atoms with E-state index in [-0.39, 0.29) is 25.4 Å². The summed E-state index contributed by atoms with van der Waals surface area (Å²) in [6.07, 6.45) is 0.212. The lowest BCUT2D eigenvalue weighted by Gasteiger charge is -2.06. The van der Waals surface area contributed by atoms with Crippen LogP contribution in [0.3, 0.4) is 0 Å². The summed E-state index contributed by atoms with van der Waals surface area (Å²) in [5.41, 5.74) is 4.94. The normalized spacial score (nSPS) is 10.6. The summed E-state index contributed by atoms with van der Waals surface area (Å²) in [5.74, 6) is -1.26. The molecule has 0 aromatic heterocycles. The topological polar surface area (TPSA) is 117 Å². The van der Waals surface area contributed by atoms with E-state index in [2.05, 4.69) is 0 Å². The fourth-order valence-electron chi connectivity index (χ4n) is 1.09. The van der Waals surface area contributed by atoms with Crippen LogP contribution in [0.25, 0.3) is 0 Å². The van der Waals surface area contributed by atoms with Crippen LogP contribution in [0.5, 0.6) is 0 Å². The SMILES string of the molecule is NC(=O)CCOCCOCCOCCOCCC(=O)O. The Labute approximate surface area is 118 Å². The molecule has 0 saturated heterocycles. The first-order valence-corrected chi connectivity index (χ1v) is 6.44. The molecule has 0 aliphatic heterocycles. The van der Waals surface area contributed by atoms with Gasteiger partial charge in [-0.15, -0.1) is 0 Å². The second-order valence-corrected chi connectivity index (χ2v) is 3.81. The number of nitrogens with two attached hydrogens (primary N) is 1. The number of hydrogen-bond donors (Lipinski definition) is 2. The minimum Gasteiger partial charge on any atom is -0.481 e. The summed E-state index contributed by atoms with van der Waals surface area (Å²) in [6.45, 7) is 2.98. The van der Waals surface area contributed by atoms with Crippen molar-refractivity contribution in [1.82, 2.24) is 0 Å². The van der Waals surface area contributed by atoms with E-state index in [4.69, 9.17) is 29.8 Å². The number of rotatable bonds is 15. The van der Waals surface area contributed by atoms with Crippen molar-refractivity contribution in [3.8, 4) is 0 Å². The van der Waals surface area contributed by atoms with E-state index in [0.717, 1.165) is 0 Å². The number of aliphatic carboxylic acids is 1. The van der Waals surface area contributed by atoms with Crippen LogP contribution in [0.4, 0.5) is 0 Å². The smallest absolute Gasteiger partial charge is 0.305 e. The van der Waals surface area contributed by atoms with Crippen LogP contribution in [0.1, 0.15) is 12.8 Å². The van der Waals surface area contributed by atoms with Crippen molar-refractivity contribution in [2.45, 2.75) is 12.8 Å². The summed E-state index contributed by atoms with van der Waals surface area (Å²) in [5, 5.41) is 8.36. The molecule has 0 aliphatic carbocycles. The van der Waals surface area contributed by atoms with Crippen LogP contribution >= 0.6 is 0 Å². The predicted octanol–water partition coefficient (Wildman–Crippen LogP) is -0.597. The molecule has 0 rings (SSSR count). The largest absolute Gasteiger partial charge is 0.481 e. The van der Waals surface area contributed by atoms with E-state index in [0.29, 0.717) is 46.2 Å². The number of carboxylic acids is 1. The van der Waals surface area contributed by atoms with Gasteiger partial charge in [0.2, 0.25) is 5.91 Å². The molecule has 0 aliphatic rings. The number of carbonyl (C=O) groups is 2. The molecule has 0 fully saturated rings. The highest BCUT2D eigenvalue weighted by Gasteiger charge is 1.97. The molecule has 0 unspecified atom stereocenters. The Morgan fingerprint density at radius 2 is 1.05 bits per heavy atom. The van der Waals surface area contributed by atoms with Gasteiger partial charge in [-0.2, -0.15) is 0 Å². The van der Waals surface area contributed by atoms with E-state index in [1.54, 1.807) is 0 Å². The molecule has 0 saturated carbocycles. The molecule has 0 spiro atoms. The lowest BCUT2D eigenvalue weighted by molar-refractivity contribution is -0.138. The lowest BCUT2D eigenvalue weighted by Crippen LogP contribution is -2.15. The van der Waals surface area contributed by atoms with Crippen LogP contribution in [0, 0.1) is 0 Å². The zero-order chi connectivity index (χ0) is 15.1. The average molecular weight is 293 g/mol. The summed E-state index contributed by atoms with van der Waals surface area (Å²) < 4.78 is 20.5. The van der Waals surface area contributed by atoms with Gasteiger partial charge in [0, 0.05) is 6.42 Å². The van der Waals surface area contributed by atoms with E-state index >= 15 is 0 Å². The van der Waals surface area contributed by atoms with Crippen LogP contribution in [-0.4, -0.2) is 69.8 Å². The summed E-state index contributed by atoms with van der Waals surface area (Å²) in [6, 6.07) is 0. The Balaban J connectivity index is 2.99. The monoisotopic (exact) mass is 293 g/mol. The number of primary amides is 1. The third kappa shape index (κ3) is 16.8.